The van der Waals surface area contributed by atoms with Crippen molar-refractivity contribution in [3.05, 3.63) is 0 Å². The van der Waals surface area contributed by atoms with Gasteiger partial charge in [0.05, 0.1) is 0 Å². The van der Waals surface area contributed by atoms with E-state index in [4.69, 9.17) is 4.84 Å². The third kappa shape index (κ3) is 6.62. The molecule has 2 amide bonds. The summed E-state index contributed by atoms with van der Waals surface area (Å²) in [5, 5.41) is 0.636. The molecule has 0 aromatic carbocycles. The number of hydroxylamine groups is 2. The Morgan fingerprint density at radius 3 is 2.12 bits per heavy atom. The number of rotatable bonds is 8. The van der Waals surface area contributed by atoms with Gasteiger partial charge in [-0.3, -0.25) is 9.59 Å². The molecule has 0 spiro atoms. The van der Waals surface area contributed by atoms with Gasteiger partial charge in [0.15, 0.2) is 0 Å². The lowest BCUT2D eigenvalue weighted by Crippen LogP contribution is -2.31. The van der Waals surface area contributed by atoms with Crippen molar-refractivity contribution in [1.29, 1.82) is 0 Å². The molecular weight excluding hydrogens is 306 g/mol. The molecule has 1 saturated heterocycles. The van der Waals surface area contributed by atoms with Crippen LogP contribution in [0.4, 0.5) is 0 Å². The highest BCUT2D eigenvalue weighted by molar-refractivity contribution is 6.01. The van der Waals surface area contributed by atoms with Gasteiger partial charge in [-0.15, -0.1) is 5.06 Å². The van der Waals surface area contributed by atoms with Crippen LogP contribution in [0.2, 0.25) is 0 Å². The Morgan fingerprint density at radius 1 is 0.875 bits per heavy atom. The molecule has 0 aromatic heterocycles. The number of carbonyl (C=O) groups excluding carboxylic acids is 3. The number of carbonyl (C=O) groups is 3. The van der Waals surface area contributed by atoms with E-state index in [0.717, 1.165) is 25.2 Å². The van der Waals surface area contributed by atoms with Crippen molar-refractivity contribution in [3.8, 4) is 0 Å². The van der Waals surface area contributed by atoms with Crippen molar-refractivity contribution in [2.45, 2.75) is 96.3 Å². The summed E-state index contributed by atoms with van der Waals surface area (Å²) >= 11 is 0. The molecule has 1 aliphatic heterocycles. The summed E-state index contributed by atoms with van der Waals surface area (Å²) in [7, 11) is 0. The zero-order chi connectivity index (χ0) is 17.2. The van der Waals surface area contributed by atoms with E-state index >= 15 is 0 Å². The third-order valence-corrected chi connectivity index (χ3v) is 5.17. The second kappa shape index (κ2) is 10.5. The fourth-order valence-corrected chi connectivity index (χ4v) is 3.69. The standard InChI is InChI=1S/C19H31NO4/c21-17-14-15-18(22)20(17)24-19(23)13-9-5-4-8-12-16-10-6-2-1-3-7-11-16/h16H,1-15H2. The number of amides is 2. The van der Waals surface area contributed by atoms with Crippen LogP contribution in [0, 0.1) is 5.92 Å². The van der Waals surface area contributed by atoms with Crippen LogP contribution >= 0.6 is 0 Å². The average molecular weight is 337 g/mol. The first-order chi connectivity index (χ1) is 11.7. The van der Waals surface area contributed by atoms with Crippen molar-refractivity contribution in [2.24, 2.45) is 5.92 Å². The highest BCUT2D eigenvalue weighted by Crippen LogP contribution is 2.26. The van der Waals surface area contributed by atoms with Gasteiger partial charge in [-0.05, 0) is 12.3 Å². The molecule has 5 nitrogen and oxygen atoms in total. The van der Waals surface area contributed by atoms with Gasteiger partial charge in [0.25, 0.3) is 11.8 Å². The van der Waals surface area contributed by atoms with Gasteiger partial charge >= 0.3 is 5.97 Å². The minimum absolute atomic E-state index is 0.146. The molecule has 5 heteroatoms. The fourth-order valence-electron chi connectivity index (χ4n) is 3.69. The predicted octanol–water partition coefficient (Wildman–Crippen LogP) is 4.29. The van der Waals surface area contributed by atoms with Crippen molar-refractivity contribution < 1.29 is 19.2 Å². The lowest BCUT2D eigenvalue weighted by Gasteiger charge is -2.19. The molecule has 0 N–H and O–H groups in total. The zero-order valence-corrected chi connectivity index (χ0v) is 14.8. The van der Waals surface area contributed by atoms with Gasteiger partial charge in [-0.25, -0.2) is 4.79 Å². The van der Waals surface area contributed by atoms with Gasteiger partial charge in [0.1, 0.15) is 0 Å². The summed E-state index contributed by atoms with van der Waals surface area (Å²) in [6, 6.07) is 0. The van der Waals surface area contributed by atoms with Crippen molar-refractivity contribution in [1.82, 2.24) is 5.06 Å². The van der Waals surface area contributed by atoms with Gasteiger partial charge in [0, 0.05) is 19.3 Å². The van der Waals surface area contributed by atoms with Crippen LogP contribution in [0.25, 0.3) is 0 Å². The van der Waals surface area contributed by atoms with Crippen LogP contribution in [0.3, 0.4) is 0 Å². The van der Waals surface area contributed by atoms with Crippen LogP contribution in [0.15, 0.2) is 0 Å². The van der Waals surface area contributed by atoms with E-state index in [2.05, 4.69) is 0 Å². The molecule has 0 atom stereocenters. The Hall–Kier alpha value is -1.39. The molecule has 1 heterocycles. The van der Waals surface area contributed by atoms with Crippen LogP contribution in [-0.2, 0) is 19.2 Å². The Kier molecular flexibility index (Phi) is 8.26. The maximum Gasteiger partial charge on any atom is 0.333 e. The molecule has 24 heavy (non-hydrogen) atoms. The Balaban J connectivity index is 1.49. The summed E-state index contributed by atoms with van der Waals surface area (Å²) in [5.41, 5.74) is 0. The van der Waals surface area contributed by atoms with E-state index in [-0.39, 0.29) is 19.3 Å². The highest BCUT2D eigenvalue weighted by Gasteiger charge is 2.32. The van der Waals surface area contributed by atoms with Crippen LogP contribution in [0.5, 0.6) is 0 Å². The molecule has 0 aromatic rings. The summed E-state index contributed by atoms with van der Waals surface area (Å²) < 4.78 is 0. The molecule has 2 aliphatic rings. The van der Waals surface area contributed by atoms with Crippen LogP contribution < -0.4 is 0 Å². The zero-order valence-electron chi connectivity index (χ0n) is 14.8. The summed E-state index contributed by atoms with van der Waals surface area (Å²) in [4.78, 5) is 39.3. The summed E-state index contributed by atoms with van der Waals surface area (Å²) in [6.45, 7) is 0. The first-order valence-corrected chi connectivity index (χ1v) is 9.73. The summed E-state index contributed by atoms with van der Waals surface area (Å²) in [6.07, 6.45) is 15.8. The third-order valence-electron chi connectivity index (χ3n) is 5.17. The van der Waals surface area contributed by atoms with Crippen LogP contribution in [-0.4, -0.2) is 22.8 Å². The summed E-state index contributed by atoms with van der Waals surface area (Å²) in [5.74, 6) is -0.388. The van der Waals surface area contributed by atoms with E-state index < -0.39 is 17.8 Å². The number of unbranched alkanes of at least 4 members (excludes halogenated alkanes) is 3. The minimum atomic E-state index is -0.474. The second-order valence-electron chi connectivity index (χ2n) is 7.21. The smallest absolute Gasteiger partial charge is 0.330 e. The van der Waals surface area contributed by atoms with E-state index in [1.54, 1.807) is 0 Å². The monoisotopic (exact) mass is 337 g/mol. The molecule has 1 saturated carbocycles. The SMILES string of the molecule is O=C(CCCCCCC1CCCCCCC1)ON1C(=O)CCC1=O. The van der Waals surface area contributed by atoms with Gasteiger partial charge in [0.2, 0.25) is 0 Å². The fraction of sp³-hybridized carbons (Fsp3) is 0.842. The first kappa shape index (κ1) is 18.9. The van der Waals surface area contributed by atoms with Crippen molar-refractivity contribution >= 4 is 17.8 Å². The molecular formula is C19H31NO4. The van der Waals surface area contributed by atoms with Crippen LogP contribution in [0.1, 0.15) is 96.3 Å². The maximum absolute atomic E-state index is 11.7. The molecule has 0 bridgehead atoms. The topological polar surface area (TPSA) is 63.7 Å². The molecule has 0 radical (unpaired) electrons. The quantitative estimate of drug-likeness (QED) is 0.489. The predicted molar refractivity (Wildman–Crippen MR) is 90.7 cm³/mol. The lowest BCUT2D eigenvalue weighted by atomic mass is 9.87. The first-order valence-electron chi connectivity index (χ1n) is 9.73. The largest absolute Gasteiger partial charge is 0.333 e. The van der Waals surface area contributed by atoms with E-state index in [0.29, 0.717) is 5.06 Å². The van der Waals surface area contributed by atoms with E-state index in [1.165, 1.54) is 57.8 Å². The van der Waals surface area contributed by atoms with Gasteiger partial charge in [-0.2, -0.15) is 0 Å². The number of nitrogens with zero attached hydrogens (tertiary/aromatic N) is 1. The number of hydrogen-bond acceptors (Lipinski definition) is 4. The second-order valence-corrected chi connectivity index (χ2v) is 7.21. The lowest BCUT2D eigenvalue weighted by molar-refractivity contribution is -0.197. The molecule has 2 fully saturated rings. The Morgan fingerprint density at radius 2 is 1.46 bits per heavy atom. The average Bonchev–Trinajstić information content (AvgIpc) is 2.84. The number of imide groups is 1. The van der Waals surface area contributed by atoms with E-state index in [9.17, 15) is 14.4 Å². The Labute approximate surface area is 145 Å². The van der Waals surface area contributed by atoms with Crippen molar-refractivity contribution in [3.63, 3.8) is 0 Å². The maximum atomic E-state index is 11.7. The molecule has 1 aliphatic carbocycles. The molecule has 2 rings (SSSR count). The normalized spacial score (nSPS) is 20.1. The Bertz CT molecular complexity index is 411. The van der Waals surface area contributed by atoms with Crippen molar-refractivity contribution in [2.75, 3.05) is 0 Å². The van der Waals surface area contributed by atoms with Gasteiger partial charge in [-0.1, -0.05) is 70.6 Å². The molecule has 0 unspecified atom stereocenters. The number of hydrogen-bond donors (Lipinski definition) is 0. The minimum Gasteiger partial charge on any atom is -0.330 e. The highest BCUT2D eigenvalue weighted by atomic mass is 16.7. The van der Waals surface area contributed by atoms with Gasteiger partial charge < -0.3 is 4.84 Å². The molecule has 136 valence electrons. The van der Waals surface area contributed by atoms with E-state index in [1.807, 2.05) is 0 Å².